The summed E-state index contributed by atoms with van der Waals surface area (Å²) in [5, 5.41) is 14.6. The molecule has 0 bridgehead atoms. The van der Waals surface area contributed by atoms with Gasteiger partial charge in [0.05, 0.1) is 10.5 Å². The fourth-order valence-corrected chi connectivity index (χ4v) is 2.98. The van der Waals surface area contributed by atoms with Crippen LogP contribution >= 0.6 is 0 Å². The third-order valence-electron chi connectivity index (χ3n) is 4.54. The van der Waals surface area contributed by atoms with E-state index in [0.717, 1.165) is 29.8 Å². The molecular formula is C22H19F3N2O3. The zero-order valence-corrected chi connectivity index (χ0v) is 16.1. The van der Waals surface area contributed by atoms with Gasteiger partial charge in [-0.1, -0.05) is 43.3 Å². The molecule has 0 saturated carbocycles. The van der Waals surface area contributed by atoms with Crippen LogP contribution in [0.2, 0.25) is 0 Å². The summed E-state index contributed by atoms with van der Waals surface area (Å²) < 4.78 is 44.4. The summed E-state index contributed by atoms with van der Waals surface area (Å²) in [6.07, 6.45) is -3.84. The molecule has 1 N–H and O–H groups in total. The molecule has 0 saturated heterocycles. The zero-order valence-electron chi connectivity index (χ0n) is 16.1. The maximum Gasteiger partial charge on any atom is 0.416 e. The van der Waals surface area contributed by atoms with Crippen LogP contribution < -0.4 is 10.1 Å². The molecule has 0 fully saturated rings. The van der Waals surface area contributed by atoms with Crippen LogP contribution in [0.15, 0.2) is 66.7 Å². The number of ether oxygens (including phenoxy) is 1. The number of hydrogen-bond acceptors (Lipinski definition) is 4. The lowest BCUT2D eigenvalue weighted by Gasteiger charge is -2.15. The first-order valence-corrected chi connectivity index (χ1v) is 9.22. The first-order chi connectivity index (χ1) is 14.3. The third kappa shape index (κ3) is 4.89. The van der Waals surface area contributed by atoms with Gasteiger partial charge in [0, 0.05) is 23.9 Å². The van der Waals surface area contributed by atoms with Gasteiger partial charge in [0.15, 0.2) is 0 Å². The first kappa shape index (κ1) is 21.2. The van der Waals surface area contributed by atoms with Crippen LogP contribution in [0.4, 0.5) is 24.5 Å². The number of nitro benzene ring substituents is 1. The highest BCUT2D eigenvalue weighted by molar-refractivity contribution is 5.54. The third-order valence-corrected chi connectivity index (χ3v) is 4.54. The lowest BCUT2D eigenvalue weighted by molar-refractivity contribution is -0.385. The van der Waals surface area contributed by atoms with Crippen molar-refractivity contribution >= 4 is 11.4 Å². The highest BCUT2D eigenvalue weighted by Gasteiger charge is 2.33. The van der Waals surface area contributed by atoms with E-state index in [-0.39, 0.29) is 5.75 Å². The number of nitrogens with zero attached hydrogens (tertiary/aromatic N) is 1. The van der Waals surface area contributed by atoms with E-state index in [2.05, 4.69) is 5.32 Å². The number of alkyl halides is 3. The molecule has 0 aliphatic rings. The quantitative estimate of drug-likeness (QED) is 0.349. The van der Waals surface area contributed by atoms with E-state index in [1.54, 1.807) is 24.3 Å². The van der Waals surface area contributed by atoms with Crippen molar-refractivity contribution in [2.75, 3.05) is 5.32 Å². The standard InChI is InChI=1S/C22H19F3N2O3/c1-2-15-7-3-5-9-18(15)26-14-16-8-4-6-10-20(16)30-21-12-11-17(22(23,24)25)13-19(21)27(28)29/h3-13,26H,2,14H2,1H3. The van der Waals surface area contributed by atoms with Gasteiger partial charge in [0.2, 0.25) is 5.75 Å². The molecule has 0 aliphatic carbocycles. The van der Waals surface area contributed by atoms with E-state index in [4.69, 9.17) is 4.74 Å². The maximum absolute atomic E-state index is 12.9. The van der Waals surface area contributed by atoms with Gasteiger partial charge in [-0.2, -0.15) is 13.2 Å². The number of nitro groups is 1. The Kier molecular flexibility index (Phi) is 6.25. The smallest absolute Gasteiger partial charge is 0.416 e. The molecule has 5 nitrogen and oxygen atoms in total. The predicted molar refractivity (Wildman–Crippen MR) is 108 cm³/mol. The second-order valence-electron chi connectivity index (χ2n) is 6.51. The van der Waals surface area contributed by atoms with Crippen LogP contribution in [-0.4, -0.2) is 4.92 Å². The van der Waals surface area contributed by atoms with Crippen LogP contribution in [0.3, 0.4) is 0 Å². The summed E-state index contributed by atoms with van der Waals surface area (Å²) in [5.41, 5.74) is 0.943. The van der Waals surface area contributed by atoms with Crippen LogP contribution in [0.1, 0.15) is 23.6 Å². The molecule has 3 rings (SSSR count). The molecule has 30 heavy (non-hydrogen) atoms. The number of nitrogens with one attached hydrogen (secondary N) is 1. The van der Waals surface area contributed by atoms with Crippen molar-refractivity contribution in [2.45, 2.75) is 26.1 Å². The SMILES string of the molecule is CCc1ccccc1NCc1ccccc1Oc1ccc(C(F)(F)F)cc1[N+](=O)[O-]. The molecule has 156 valence electrons. The van der Waals surface area contributed by atoms with Crippen molar-refractivity contribution in [3.05, 3.63) is 93.5 Å². The van der Waals surface area contributed by atoms with Gasteiger partial charge >= 0.3 is 11.9 Å². The van der Waals surface area contributed by atoms with Gasteiger partial charge in [0.25, 0.3) is 0 Å². The van der Waals surface area contributed by atoms with Crippen molar-refractivity contribution in [2.24, 2.45) is 0 Å². The highest BCUT2D eigenvalue weighted by Crippen LogP contribution is 2.38. The average Bonchev–Trinajstić information content (AvgIpc) is 2.72. The van der Waals surface area contributed by atoms with Gasteiger partial charge in [-0.25, -0.2) is 0 Å². The van der Waals surface area contributed by atoms with E-state index in [9.17, 15) is 23.3 Å². The summed E-state index contributed by atoms with van der Waals surface area (Å²) in [7, 11) is 0. The molecule has 0 atom stereocenters. The number of aryl methyl sites for hydroxylation is 1. The minimum atomic E-state index is -4.68. The Morgan fingerprint density at radius 2 is 1.63 bits per heavy atom. The average molecular weight is 416 g/mol. The van der Waals surface area contributed by atoms with Crippen LogP contribution in [0.5, 0.6) is 11.5 Å². The number of anilines is 1. The van der Waals surface area contributed by atoms with E-state index in [1.165, 1.54) is 0 Å². The molecule has 0 aliphatic heterocycles. The van der Waals surface area contributed by atoms with Crippen molar-refractivity contribution < 1.29 is 22.8 Å². The second kappa shape index (κ2) is 8.86. The Morgan fingerprint density at radius 1 is 0.967 bits per heavy atom. The van der Waals surface area contributed by atoms with Crippen molar-refractivity contribution in [3.8, 4) is 11.5 Å². The summed E-state index contributed by atoms with van der Waals surface area (Å²) in [5.74, 6) is 0.0660. The molecule has 0 radical (unpaired) electrons. The Labute approximate surface area is 171 Å². The molecule has 0 amide bonds. The minimum Gasteiger partial charge on any atom is -0.450 e. The fourth-order valence-electron chi connectivity index (χ4n) is 2.98. The summed E-state index contributed by atoms with van der Waals surface area (Å²) in [6, 6.07) is 16.9. The van der Waals surface area contributed by atoms with E-state index < -0.39 is 22.4 Å². The Balaban J connectivity index is 1.87. The second-order valence-corrected chi connectivity index (χ2v) is 6.51. The molecule has 8 heteroatoms. The summed E-state index contributed by atoms with van der Waals surface area (Å²) in [4.78, 5) is 10.4. The van der Waals surface area contributed by atoms with Gasteiger partial charge in [-0.05, 0) is 36.2 Å². The van der Waals surface area contributed by atoms with E-state index in [0.29, 0.717) is 23.9 Å². The Hall–Kier alpha value is -3.55. The molecule has 0 unspecified atom stereocenters. The van der Waals surface area contributed by atoms with Crippen LogP contribution in [-0.2, 0) is 19.1 Å². The Bertz CT molecular complexity index is 1050. The number of hydrogen-bond donors (Lipinski definition) is 1. The minimum absolute atomic E-state index is 0.255. The number of para-hydroxylation sites is 2. The molecule has 0 heterocycles. The normalized spacial score (nSPS) is 11.2. The molecular weight excluding hydrogens is 397 g/mol. The van der Waals surface area contributed by atoms with Crippen LogP contribution in [0.25, 0.3) is 0 Å². The predicted octanol–water partition coefficient (Wildman–Crippen LogP) is 6.58. The molecule has 0 spiro atoms. The van der Waals surface area contributed by atoms with Crippen molar-refractivity contribution in [1.82, 2.24) is 0 Å². The molecule has 0 aromatic heterocycles. The topological polar surface area (TPSA) is 64.4 Å². The highest BCUT2D eigenvalue weighted by atomic mass is 19.4. The number of rotatable bonds is 7. The summed E-state index contributed by atoms with van der Waals surface area (Å²) >= 11 is 0. The lowest BCUT2D eigenvalue weighted by atomic mass is 10.1. The number of benzene rings is 3. The fraction of sp³-hybridized carbons (Fsp3) is 0.182. The summed E-state index contributed by atoms with van der Waals surface area (Å²) in [6.45, 7) is 2.42. The largest absolute Gasteiger partial charge is 0.450 e. The van der Waals surface area contributed by atoms with Gasteiger partial charge in [-0.3, -0.25) is 10.1 Å². The monoisotopic (exact) mass is 416 g/mol. The van der Waals surface area contributed by atoms with Gasteiger partial charge in [0.1, 0.15) is 5.75 Å². The Morgan fingerprint density at radius 3 is 2.30 bits per heavy atom. The van der Waals surface area contributed by atoms with Gasteiger partial charge < -0.3 is 10.1 Å². The van der Waals surface area contributed by atoms with Gasteiger partial charge in [-0.15, -0.1) is 0 Å². The van der Waals surface area contributed by atoms with Crippen molar-refractivity contribution in [1.29, 1.82) is 0 Å². The van der Waals surface area contributed by atoms with E-state index in [1.807, 2.05) is 31.2 Å². The van der Waals surface area contributed by atoms with Crippen molar-refractivity contribution in [3.63, 3.8) is 0 Å². The number of halogens is 3. The van der Waals surface area contributed by atoms with E-state index >= 15 is 0 Å². The van der Waals surface area contributed by atoms with Crippen LogP contribution in [0, 0.1) is 10.1 Å². The lowest BCUT2D eigenvalue weighted by Crippen LogP contribution is -2.06. The molecule has 3 aromatic rings. The maximum atomic E-state index is 12.9. The molecule has 3 aromatic carbocycles. The zero-order chi connectivity index (χ0) is 21.7. The first-order valence-electron chi connectivity index (χ1n) is 9.22.